The maximum atomic E-state index is 13.2. The highest BCUT2D eigenvalue weighted by Gasteiger charge is 2.36. The van der Waals surface area contributed by atoms with E-state index in [-0.39, 0.29) is 18.0 Å². The molecular weight excluding hydrogens is 576 g/mol. The van der Waals surface area contributed by atoms with Gasteiger partial charge in [-0.2, -0.15) is 0 Å². The third kappa shape index (κ3) is 7.89. The van der Waals surface area contributed by atoms with Crippen LogP contribution in [0.25, 0.3) is 11.3 Å². The molecule has 2 aromatic carbocycles. The highest BCUT2D eigenvalue weighted by molar-refractivity contribution is 5.71. The number of fused-ring (bicyclic) bond motifs is 3. The minimum absolute atomic E-state index is 0.0396. The van der Waals surface area contributed by atoms with Crippen LogP contribution in [-0.4, -0.2) is 62.4 Å². The Labute approximate surface area is 273 Å². The molecule has 0 saturated carbocycles. The fraction of sp³-hybridized carbons (Fsp3) is 0.500. The first kappa shape index (κ1) is 33.5. The number of carbonyl (C=O) groups is 2. The lowest BCUT2D eigenvalue weighted by molar-refractivity contribution is -0.142. The molecule has 0 spiro atoms. The molecule has 1 fully saturated rings. The van der Waals surface area contributed by atoms with Gasteiger partial charge in [-0.15, -0.1) is 0 Å². The van der Waals surface area contributed by atoms with Crippen LogP contribution in [-0.2, 0) is 28.8 Å². The Hall–Kier alpha value is -3.91. The third-order valence-corrected chi connectivity index (χ3v) is 9.59. The lowest BCUT2D eigenvalue weighted by atomic mass is 9.81. The number of amides is 1. The molecule has 2 aliphatic heterocycles. The number of aliphatic carboxylic acids is 1. The zero-order valence-electron chi connectivity index (χ0n) is 28.1. The third-order valence-electron chi connectivity index (χ3n) is 9.59. The first-order valence-electron chi connectivity index (χ1n) is 16.8. The van der Waals surface area contributed by atoms with Gasteiger partial charge in [0.1, 0.15) is 5.60 Å². The molecule has 246 valence electrons. The number of nitrogens with one attached hydrogen (secondary N) is 1. The van der Waals surface area contributed by atoms with Crippen molar-refractivity contribution in [1.82, 2.24) is 19.8 Å². The minimum Gasteiger partial charge on any atom is -0.481 e. The van der Waals surface area contributed by atoms with Gasteiger partial charge in [-0.05, 0) is 115 Å². The number of ether oxygens (including phenoxy) is 1. The lowest BCUT2D eigenvalue weighted by Gasteiger charge is -2.38. The van der Waals surface area contributed by atoms with Crippen molar-refractivity contribution in [1.29, 1.82) is 0 Å². The maximum absolute atomic E-state index is 13.2. The summed E-state index contributed by atoms with van der Waals surface area (Å²) in [5, 5.41) is 13.6. The van der Waals surface area contributed by atoms with E-state index >= 15 is 0 Å². The van der Waals surface area contributed by atoms with Crippen LogP contribution in [0.3, 0.4) is 0 Å². The summed E-state index contributed by atoms with van der Waals surface area (Å²) in [6.45, 7) is 15.9. The van der Waals surface area contributed by atoms with E-state index in [1.165, 1.54) is 5.56 Å². The first-order valence-corrected chi connectivity index (χ1v) is 16.8. The second-order valence-electron chi connectivity index (χ2n) is 14.1. The van der Waals surface area contributed by atoms with Gasteiger partial charge in [0.2, 0.25) is 0 Å². The molecule has 1 aromatic heterocycles. The molecule has 0 radical (unpaired) electrons. The van der Waals surface area contributed by atoms with Crippen LogP contribution >= 0.6 is 0 Å². The van der Waals surface area contributed by atoms with E-state index in [0.29, 0.717) is 19.3 Å². The number of rotatable bonds is 12. The Morgan fingerprint density at radius 2 is 1.78 bits per heavy atom. The van der Waals surface area contributed by atoms with Gasteiger partial charge in [0.25, 0.3) is 0 Å². The summed E-state index contributed by atoms with van der Waals surface area (Å²) >= 11 is 0. The maximum Gasteiger partial charge on any atom is 0.407 e. The van der Waals surface area contributed by atoms with E-state index < -0.39 is 23.6 Å². The monoisotopic (exact) mass is 626 g/mol. The number of nitrogens with zero attached hydrogens (tertiary/aromatic N) is 3. The van der Waals surface area contributed by atoms with Crippen molar-refractivity contribution in [3.63, 3.8) is 0 Å². The molecular formula is C38H50N4O4. The standard InChI is InChI=1S/C38H50N4O4/c1-25(2)28-15-18-33-29(22-28)16-19-34-32(39-24-42(33)34)23-30(36(43)44)14-17-31(40-37(45)46-38(4,5)6)35(27-12-8-7-9-13-27)26(3)41-20-10-11-21-41/h7-9,12-13,15,18,22,24,26,30-31,35H,1,10-11,14,16-17,19-21,23H2,2-6H3,(H,40,45)(H,43,44)/t26?,30-,31?,35?/m0/s1. The number of benzene rings is 2. The van der Waals surface area contributed by atoms with Crippen molar-refractivity contribution < 1.29 is 19.4 Å². The molecule has 8 nitrogen and oxygen atoms in total. The van der Waals surface area contributed by atoms with Crippen molar-refractivity contribution >= 4 is 17.6 Å². The van der Waals surface area contributed by atoms with E-state index in [2.05, 4.69) is 58.6 Å². The van der Waals surface area contributed by atoms with E-state index in [1.807, 2.05) is 52.2 Å². The van der Waals surface area contributed by atoms with Gasteiger partial charge in [-0.25, -0.2) is 9.78 Å². The number of aromatic nitrogens is 2. The van der Waals surface area contributed by atoms with Gasteiger partial charge in [-0.3, -0.25) is 9.69 Å². The van der Waals surface area contributed by atoms with Crippen LogP contribution in [0, 0.1) is 5.92 Å². The number of carboxylic acids is 1. The Kier molecular flexibility index (Phi) is 10.4. The summed E-state index contributed by atoms with van der Waals surface area (Å²) in [5.41, 5.74) is 6.92. The first-order chi connectivity index (χ1) is 21.9. The molecule has 2 N–H and O–H groups in total. The van der Waals surface area contributed by atoms with Crippen LogP contribution in [0.1, 0.15) is 94.3 Å². The van der Waals surface area contributed by atoms with E-state index in [9.17, 15) is 14.7 Å². The van der Waals surface area contributed by atoms with E-state index in [0.717, 1.165) is 72.5 Å². The average molecular weight is 627 g/mol. The van der Waals surface area contributed by atoms with Crippen LogP contribution in [0.4, 0.5) is 4.79 Å². The smallest absolute Gasteiger partial charge is 0.407 e. The molecule has 0 bridgehead atoms. The number of carbonyl (C=O) groups excluding carboxylic acids is 1. The lowest BCUT2D eigenvalue weighted by Crippen LogP contribution is -2.49. The van der Waals surface area contributed by atoms with Crippen LogP contribution in [0.2, 0.25) is 0 Å². The van der Waals surface area contributed by atoms with Crippen LogP contribution in [0.15, 0.2) is 61.4 Å². The Morgan fingerprint density at radius 1 is 1.07 bits per heavy atom. The average Bonchev–Trinajstić information content (AvgIpc) is 3.69. The fourth-order valence-electron chi connectivity index (χ4n) is 7.22. The van der Waals surface area contributed by atoms with E-state index in [4.69, 9.17) is 9.72 Å². The van der Waals surface area contributed by atoms with Crippen molar-refractivity contribution in [3.05, 3.63) is 89.5 Å². The largest absolute Gasteiger partial charge is 0.481 e. The van der Waals surface area contributed by atoms with Gasteiger partial charge >= 0.3 is 12.1 Å². The minimum atomic E-state index is -0.844. The number of imidazole rings is 1. The van der Waals surface area contributed by atoms with Crippen LogP contribution < -0.4 is 5.32 Å². The Balaban J connectivity index is 1.39. The second-order valence-corrected chi connectivity index (χ2v) is 14.1. The Bertz CT molecular complexity index is 1530. The summed E-state index contributed by atoms with van der Waals surface area (Å²) < 4.78 is 7.83. The zero-order valence-corrected chi connectivity index (χ0v) is 28.1. The summed E-state index contributed by atoms with van der Waals surface area (Å²) in [6.07, 6.45) is 6.59. The van der Waals surface area contributed by atoms with Gasteiger partial charge in [0, 0.05) is 30.1 Å². The molecule has 46 heavy (non-hydrogen) atoms. The number of aryl methyl sites for hydroxylation is 1. The number of allylic oxidation sites excluding steroid dienone is 1. The Morgan fingerprint density at radius 3 is 2.43 bits per heavy atom. The highest BCUT2D eigenvalue weighted by atomic mass is 16.6. The number of likely N-dealkylation sites (tertiary alicyclic amines) is 1. The predicted octanol–water partition coefficient (Wildman–Crippen LogP) is 7.19. The summed E-state index contributed by atoms with van der Waals surface area (Å²) in [4.78, 5) is 33.2. The number of hydrogen-bond acceptors (Lipinski definition) is 5. The number of alkyl carbamates (subject to hydrolysis) is 1. The van der Waals surface area contributed by atoms with Gasteiger partial charge < -0.3 is 19.7 Å². The predicted molar refractivity (Wildman–Crippen MR) is 182 cm³/mol. The molecule has 1 saturated heterocycles. The molecule has 3 heterocycles. The van der Waals surface area contributed by atoms with Crippen molar-refractivity contribution in [3.8, 4) is 5.69 Å². The molecule has 1 amide bonds. The topological polar surface area (TPSA) is 96.7 Å². The second kappa shape index (κ2) is 14.2. The SMILES string of the molecule is C=C(C)c1ccc2c(c1)CCc1c(C[C@H](CCC(NC(=O)OC(C)(C)C)C(c3ccccc3)C(C)N3CCCC3)C(=O)O)ncn1-2. The van der Waals surface area contributed by atoms with E-state index in [1.54, 1.807) is 0 Å². The summed E-state index contributed by atoms with van der Waals surface area (Å²) in [7, 11) is 0. The van der Waals surface area contributed by atoms with Gasteiger partial charge in [0.15, 0.2) is 0 Å². The van der Waals surface area contributed by atoms with Gasteiger partial charge in [-0.1, -0.05) is 48.6 Å². The zero-order chi connectivity index (χ0) is 33.0. The molecule has 0 aliphatic carbocycles. The molecule has 5 rings (SSSR count). The fourth-order valence-corrected chi connectivity index (χ4v) is 7.22. The quantitative estimate of drug-likeness (QED) is 0.221. The highest BCUT2D eigenvalue weighted by Crippen LogP contribution is 2.34. The molecule has 3 unspecified atom stereocenters. The van der Waals surface area contributed by atoms with Crippen molar-refractivity contribution in [2.45, 2.75) is 103 Å². The number of hydrogen-bond donors (Lipinski definition) is 2. The molecule has 2 aliphatic rings. The number of carboxylic acid groups (broad SMARTS) is 1. The van der Waals surface area contributed by atoms with Crippen molar-refractivity contribution in [2.24, 2.45) is 5.92 Å². The normalized spacial score (nSPS) is 17.3. The molecule has 3 aromatic rings. The molecule has 4 atom stereocenters. The van der Waals surface area contributed by atoms with Crippen LogP contribution in [0.5, 0.6) is 0 Å². The van der Waals surface area contributed by atoms with Gasteiger partial charge in [0.05, 0.1) is 23.6 Å². The summed E-state index contributed by atoms with van der Waals surface area (Å²) in [5.74, 6) is -1.53. The molecule has 8 heteroatoms. The summed E-state index contributed by atoms with van der Waals surface area (Å²) in [6, 6.07) is 16.5. The van der Waals surface area contributed by atoms with Crippen molar-refractivity contribution in [2.75, 3.05) is 13.1 Å².